The van der Waals surface area contributed by atoms with Crippen molar-refractivity contribution in [3.05, 3.63) is 17.1 Å². The summed E-state index contributed by atoms with van der Waals surface area (Å²) in [5, 5.41) is 3.34. The quantitative estimate of drug-likeness (QED) is 0.768. The van der Waals surface area contributed by atoms with Gasteiger partial charge in [-0.2, -0.15) is 0 Å². The summed E-state index contributed by atoms with van der Waals surface area (Å²) in [5.74, 6) is 2.45. The lowest BCUT2D eigenvalue weighted by Crippen LogP contribution is -2.47. The highest BCUT2D eigenvalue weighted by molar-refractivity contribution is 5.79. The normalized spacial score (nSPS) is 21.2. The summed E-state index contributed by atoms with van der Waals surface area (Å²) in [6, 6.07) is 0.285. The first kappa shape index (κ1) is 21.5. The number of hydrogen-bond acceptors (Lipinski definition) is 6. The van der Waals surface area contributed by atoms with Crippen molar-refractivity contribution in [3.63, 3.8) is 0 Å². The maximum atomic E-state index is 12.6. The Morgan fingerprint density at radius 2 is 1.87 bits per heavy atom. The first-order valence-corrected chi connectivity index (χ1v) is 11.7. The van der Waals surface area contributed by atoms with Gasteiger partial charge >= 0.3 is 0 Å². The Morgan fingerprint density at radius 3 is 2.63 bits per heavy atom. The molecule has 1 aromatic rings. The number of nitrogens with one attached hydrogen (secondary N) is 1. The molecule has 3 aliphatic rings. The SMILES string of the molecule is COCCc1nc2c(c(N3CCC(NC(=O)C4CCCCC4)CC3)n1)CCOCC2. The Hall–Kier alpha value is -1.73. The van der Waals surface area contributed by atoms with Gasteiger partial charge in [0.15, 0.2) is 0 Å². The van der Waals surface area contributed by atoms with Crippen LogP contribution in [0.15, 0.2) is 0 Å². The number of rotatable bonds is 6. The average Bonchev–Trinajstić information content (AvgIpc) is 3.04. The molecule has 2 fully saturated rings. The van der Waals surface area contributed by atoms with Gasteiger partial charge < -0.3 is 19.7 Å². The van der Waals surface area contributed by atoms with E-state index in [0.29, 0.717) is 6.61 Å². The molecule has 1 aromatic heterocycles. The smallest absolute Gasteiger partial charge is 0.223 e. The zero-order valence-corrected chi connectivity index (χ0v) is 18.3. The maximum absolute atomic E-state index is 12.6. The lowest BCUT2D eigenvalue weighted by molar-refractivity contribution is -0.126. The summed E-state index contributed by atoms with van der Waals surface area (Å²) in [6.45, 7) is 3.93. The van der Waals surface area contributed by atoms with Gasteiger partial charge in [0.05, 0.1) is 25.5 Å². The van der Waals surface area contributed by atoms with Gasteiger partial charge in [0, 0.05) is 57.0 Å². The second kappa shape index (κ2) is 10.5. The fourth-order valence-corrected chi connectivity index (χ4v) is 4.96. The Bertz CT molecular complexity index is 713. The second-order valence-electron chi connectivity index (χ2n) is 8.85. The zero-order chi connectivity index (χ0) is 20.8. The molecule has 0 spiro atoms. The van der Waals surface area contributed by atoms with E-state index in [0.717, 1.165) is 88.6 Å². The Labute approximate surface area is 179 Å². The molecule has 1 N–H and O–H groups in total. The van der Waals surface area contributed by atoms with Crippen molar-refractivity contribution < 1.29 is 14.3 Å². The van der Waals surface area contributed by atoms with Crippen LogP contribution in [0.3, 0.4) is 0 Å². The van der Waals surface area contributed by atoms with Crippen LogP contribution in [0.2, 0.25) is 0 Å². The Morgan fingerprint density at radius 1 is 1.10 bits per heavy atom. The van der Waals surface area contributed by atoms with Gasteiger partial charge in [-0.1, -0.05) is 19.3 Å². The van der Waals surface area contributed by atoms with Crippen LogP contribution in [0.25, 0.3) is 0 Å². The lowest BCUT2D eigenvalue weighted by Gasteiger charge is -2.35. The largest absolute Gasteiger partial charge is 0.384 e. The van der Waals surface area contributed by atoms with Crippen molar-refractivity contribution in [2.75, 3.05) is 44.9 Å². The molecule has 1 saturated heterocycles. The summed E-state index contributed by atoms with van der Waals surface area (Å²) in [5.41, 5.74) is 2.38. The molecule has 7 heteroatoms. The van der Waals surface area contributed by atoms with Gasteiger partial charge in [0.2, 0.25) is 5.91 Å². The van der Waals surface area contributed by atoms with Crippen molar-refractivity contribution in [3.8, 4) is 0 Å². The highest BCUT2D eigenvalue weighted by Crippen LogP contribution is 2.28. The number of anilines is 1. The number of nitrogens with zero attached hydrogens (tertiary/aromatic N) is 3. The van der Waals surface area contributed by atoms with Crippen molar-refractivity contribution in [2.45, 2.75) is 70.3 Å². The maximum Gasteiger partial charge on any atom is 0.223 e. The standard InChI is InChI=1S/C23H36N4O3/c1-29-14-11-21-25-20-10-16-30-15-9-19(20)22(26-21)27-12-7-18(8-13-27)24-23(28)17-5-3-2-4-6-17/h17-18H,2-16H2,1H3,(H,24,28). The van der Waals surface area contributed by atoms with Crippen molar-refractivity contribution in [1.82, 2.24) is 15.3 Å². The van der Waals surface area contributed by atoms with Crippen LogP contribution in [-0.4, -0.2) is 61.9 Å². The molecule has 166 valence electrons. The van der Waals surface area contributed by atoms with Crippen LogP contribution >= 0.6 is 0 Å². The average molecular weight is 417 g/mol. The molecule has 0 bridgehead atoms. The molecular formula is C23H36N4O3. The van der Waals surface area contributed by atoms with E-state index in [4.69, 9.17) is 19.4 Å². The topological polar surface area (TPSA) is 76.6 Å². The molecule has 3 heterocycles. The van der Waals surface area contributed by atoms with E-state index in [2.05, 4.69) is 10.2 Å². The minimum Gasteiger partial charge on any atom is -0.384 e. The van der Waals surface area contributed by atoms with Crippen LogP contribution < -0.4 is 10.2 Å². The molecule has 30 heavy (non-hydrogen) atoms. The highest BCUT2D eigenvalue weighted by Gasteiger charge is 2.28. The molecule has 1 aliphatic carbocycles. The number of piperidine rings is 1. The van der Waals surface area contributed by atoms with Gasteiger partial charge in [0.1, 0.15) is 11.6 Å². The van der Waals surface area contributed by atoms with E-state index < -0.39 is 0 Å². The monoisotopic (exact) mass is 416 g/mol. The molecule has 1 amide bonds. The summed E-state index contributed by atoms with van der Waals surface area (Å²) in [4.78, 5) is 24.8. The third-order valence-corrected chi connectivity index (χ3v) is 6.74. The van der Waals surface area contributed by atoms with Crippen LogP contribution in [0.5, 0.6) is 0 Å². The number of fused-ring (bicyclic) bond motifs is 1. The fourth-order valence-electron chi connectivity index (χ4n) is 4.96. The number of amides is 1. The number of methoxy groups -OCH3 is 1. The predicted molar refractivity (Wildman–Crippen MR) is 116 cm³/mol. The van der Waals surface area contributed by atoms with E-state index in [1.54, 1.807) is 7.11 Å². The number of ether oxygens (including phenoxy) is 2. The first-order valence-electron chi connectivity index (χ1n) is 11.7. The number of aromatic nitrogens is 2. The third kappa shape index (κ3) is 5.30. The molecule has 2 aliphatic heterocycles. The van der Waals surface area contributed by atoms with Gasteiger partial charge in [-0.05, 0) is 25.7 Å². The van der Waals surface area contributed by atoms with E-state index >= 15 is 0 Å². The van der Waals surface area contributed by atoms with Crippen molar-refractivity contribution >= 4 is 11.7 Å². The molecule has 7 nitrogen and oxygen atoms in total. The van der Waals surface area contributed by atoms with Crippen LogP contribution in [0.4, 0.5) is 5.82 Å². The highest BCUT2D eigenvalue weighted by atomic mass is 16.5. The zero-order valence-electron chi connectivity index (χ0n) is 18.3. The van der Waals surface area contributed by atoms with Gasteiger partial charge in [-0.25, -0.2) is 9.97 Å². The third-order valence-electron chi connectivity index (χ3n) is 6.74. The predicted octanol–water partition coefficient (Wildman–Crippen LogP) is 2.45. The van der Waals surface area contributed by atoms with E-state index in [1.807, 2.05) is 0 Å². The fraction of sp³-hybridized carbons (Fsp3) is 0.783. The number of hydrogen-bond donors (Lipinski definition) is 1. The number of carbonyl (C=O) groups excluding carboxylic acids is 1. The molecule has 1 saturated carbocycles. The van der Waals surface area contributed by atoms with Crippen molar-refractivity contribution in [1.29, 1.82) is 0 Å². The molecule has 0 aromatic carbocycles. The molecule has 0 atom stereocenters. The summed E-state index contributed by atoms with van der Waals surface area (Å²) < 4.78 is 10.9. The van der Waals surface area contributed by atoms with Crippen LogP contribution in [-0.2, 0) is 33.5 Å². The first-order chi connectivity index (χ1) is 14.7. The minimum absolute atomic E-state index is 0.234. The molecule has 0 radical (unpaired) electrons. The van der Waals surface area contributed by atoms with E-state index in [9.17, 15) is 4.79 Å². The van der Waals surface area contributed by atoms with Crippen molar-refractivity contribution in [2.24, 2.45) is 5.92 Å². The molecular weight excluding hydrogens is 380 g/mol. The summed E-state index contributed by atoms with van der Waals surface area (Å²) in [6.07, 6.45) is 10.2. The molecule has 4 rings (SSSR count). The Kier molecular flexibility index (Phi) is 7.55. The molecule has 0 unspecified atom stereocenters. The van der Waals surface area contributed by atoms with Crippen LogP contribution in [0, 0.1) is 5.92 Å². The summed E-state index contributed by atoms with van der Waals surface area (Å²) in [7, 11) is 1.71. The van der Waals surface area contributed by atoms with E-state index in [-0.39, 0.29) is 17.9 Å². The van der Waals surface area contributed by atoms with Gasteiger partial charge in [0.25, 0.3) is 0 Å². The number of carbonyl (C=O) groups is 1. The Balaban J connectivity index is 1.41. The van der Waals surface area contributed by atoms with Gasteiger partial charge in [-0.15, -0.1) is 0 Å². The summed E-state index contributed by atoms with van der Waals surface area (Å²) >= 11 is 0. The lowest BCUT2D eigenvalue weighted by atomic mass is 9.88. The van der Waals surface area contributed by atoms with Gasteiger partial charge in [-0.3, -0.25) is 4.79 Å². The second-order valence-corrected chi connectivity index (χ2v) is 8.85. The minimum atomic E-state index is 0.234. The van der Waals surface area contributed by atoms with Crippen LogP contribution in [0.1, 0.15) is 62.0 Å². The van der Waals surface area contributed by atoms with E-state index in [1.165, 1.54) is 24.8 Å².